The molecule has 172 valence electrons. The van der Waals surface area contributed by atoms with Crippen LogP contribution >= 0.6 is 0 Å². The number of nitrogens with zero attached hydrogens (tertiary/aromatic N) is 5. The highest BCUT2D eigenvalue weighted by Crippen LogP contribution is 2.24. The summed E-state index contributed by atoms with van der Waals surface area (Å²) in [5, 5.41) is 11.8. The van der Waals surface area contributed by atoms with E-state index in [1.54, 1.807) is 29.0 Å². The molecular weight excluding hydrogens is 432 g/mol. The second kappa shape index (κ2) is 9.22. The maximum Gasteiger partial charge on any atom is 0.350 e. The Balaban J connectivity index is 1.41. The summed E-state index contributed by atoms with van der Waals surface area (Å²) in [6.45, 7) is 2.63. The number of anilines is 1. The molecule has 3 aromatic heterocycles. The molecule has 2 aromatic carbocycles. The molecule has 0 aliphatic heterocycles. The number of rotatable bonds is 8. The Labute approximate surface area is 195 Å². The fraction of sp³-hybridized carbons (Fsp3) is 0.200. The summed E-state index contributed by atoms with van der Waals surface area (Å²) in [6.07, 6.45) is 5.41. The average Bonchev–Trinajstić information content (AvgIpc) is 3.42. The quantitative estimate of drug-likeness (QED) is 0.360. The number of carbonyl (C=O) groups excluding carboxylic acids is 1. The van der Waals surface area contributed by atoms with Crippen LogP contribution in [-0.2, 0) is 11.3 Å². The molecule has 3 heterocycles. The van der Waals surface area contributed by atoms with Gasteiger partial charge >= 0.3 is 5.69 Å². The molecule has 0 aliphatic carbocycles. The van der Waals surface area contributed by atoms with Crippen LogP contribution < -0.4 is 15.7 Å². The van der Waals surface area contributed by atoms with Gasteiger partial charge in [0.15, 0.2) is 5.65 Å². The summed E-state index contributed by atoms with van der Waals surface area (Å²) in [6, 6.07) is 18.7. The van der Waals surface area contributed by atoms with Crippen molar-refractivity contribution in [3.63, 3.8) is 0 Å². The third kappa shape index (κ3) is 4.27. The summed E-state index contributed by atoms with van der Waals surface area (Å²) in [7, 11) is 0. The van der Waals surface area contributed by atoms with Gasteiger partial charge < -0.3 is 10.1 Å². The van der Waals surface area contributed by atoms with E-state index in [1.807, 2.05) is 48.5 Å². The third-order valence-electron chi connectivity index (χ3n) is 5.46. The first-order valence-electron chi connectivity index (χ1n) is 11.2. The molecule has 5 aromatic rings. The normalized spacial score (nSPS) is 11.2. The van der Waals surface area contributed by atoms with Crippen molar-refractivity contribution in [2.45, 2.75) is 26.3 Å². The summed E-state index contributed by atoms with van der Waals surface area (Å²) in [5.41, 5.74) is 3.04. The minimum atomic E-state index is -0.392. The van der Waals surface area contributed by atoms with E-state index in [0.29, 0.717) is 23.5 Å². The molecule has 5 rings (SSSR count). The van der Waals surface area contributed by atoms with Gasteiger partial charge in [-0.15, -0.1) is 5.10 Å². The molecule has 9 heteroatoms. The minimum absolute atomic E-state index is 0.192. The second-order valence-electron chi connectivity index (χ2n) is 7.93. The van der Waals surface area contributed by atoms with Crippen molar-refractivity contribution >= 4 is 22.8 Å². The maximum absolute atomic E-state index is 12.8. The van der Waals surface area contributed by atoms with Gasteiger partial charge in [-0.05, 0) is 48.9 Å². The van der Waals surface area contributed by atoms with E-state index in [-0.39, 0.29) is 12.5 Å². The molecule has 0 unspecified atom stereocenters. The van der Waals surface area contributed by atoms with Gasteiger partial charge in [-0.3, -0.25) is 4.79 Å². The van der Waals surface area contributed by atoms with E-state index in [9.17, 15) is 9.59 Å². The standard InChI is InChI=1S/C25H24N6O3/c1-2-3-15-34-20-11-9-18(10-12-20)21-16-22-24-28-31(25(33)29(24)13-14-30(22)27-21)17-23(32)26-19-7-5-4-6-8-19/h4-14,16H,2-3,15,17H2,1H3,(H,26,32). The topological polar surface area (TPSA) is 94.9 Å². The first-order chi connectivity index (χ1) is 16.6. The zero-order valence-corrected chi connectivity index (χ0v) is 18.7. The Bertz CT molecular complexity index is 1500. The van der Waals surface area contributed by atoms with Crippen LogP contribution in [0.3, 0.4) is 0 Å². The molecule has 0 fully saturated rings. The van der Waals surface area contributed by atoms with Gasteiger partial charge in [0.1, 0.15) is 17.8 Å². The summed E-state index contributed by atoms with van der Waals surface area (Å²) in [5.74, 6) is 0.491. The number of fused-ring (bicyclic) bond motifs is 3. The minimum Gasteiger partial charge on any atom is -0.494 e. The van der Waals surface area contributed by atoms with Crippen molar-refractivity contribution in [1.29, 1.82) is 0 Å². The lowest BCUT2D eigenvalue weighted by Gasteiger charge is -2.05. The second-order valence-corrected chi connectivity index (χ2v) is 7.93. The molecule has 1 amide bonds. The number of aromatic nitrogens is 5. The molecule has 34 heavy (non-hydrogen) atoms. The van der Waals surface area contributed by atoms with Gasteiger partial charge in [-0.1, -0.05) is 31.5 Å². The Hall–Kier alpha value is -4.40. The highest BCUT2D eigenvalue weighted by molar-refractivity contribution is 5.90. The highest BCUT2D eigenvalue weighted by Gasteiger charge is 2.15. The van der Waals surface area contributed by atoms with Gasteiger partial charge in [-0.25, -0.2) is 18.4 Å². The fourth-order valence-electron chi connectivity index (χ4n) is 3.69. The van der Waals surface area contributed by atoms with Crippen molar-refractivity contribution < 1.29 is 9.53 Å². The number of unbranched alkanes of at least 4 members (excludes halogenated alkanes) is 1. The van der Waals surface area contributed by atoms with E-state index < -0.39 is 5.69 Å². The fourth-order valence-corrected chi connectivity index (χ4v) is 3.69. The predicted molar refractivity (Wildman–Crippen MR) is 129 cm³/mol. The van der Waals surface area contributed by atoms with Gasteiger partial charge in [0, 0.05) is 23.6 Å². The summed E-state index contributed by atoms with van der Waals surface area (Å²) < 4.78 is 9.98. The Morgan fingerprint density at radius 1 is 1.03 bits per heavy atom. The third-order valence-corrected chi connectivity index (χ3v) is 5.46. The summed E-state index contributed by atoms with van der Waals surface area (Å²) in [4.78, 5) is 25.2. The van der Waals surface area contributed by atoms with E-state index in [4.69, 9.17) is 4.74 Å². The van der Waals surface area contributed by atoms with Gasteiger partial charge in [-0.2, -0.15) is 5.10 Å². The van der Waals surface area contributed by atoms with Gasteiger partial charge in [0.05, 0.1) is 12.3 Å². The Morgan fingerprint density at radius 2 is 1.82 bits per heavy atom. The van der Waals surface area contributed by atoms with Gasteiger partial charge in [0.2, 0.25) is 5.91 Å². The van der Waals surface area contributed by atoms with Crippen LogP contribution in [0.15, 0.2) is 77.9 Å². The zero-order valence-electron chi connectivity index (χ0n) is 18.7. The first-order valence-corrected chi connectivity index (χ1v) is 11.2. The average molecular weight is 457 g/mol. The van der Waals surface area contributed by atoms with Crippen LogP contribution in [0.4, 0.5) is 5.69 Å². The van der Waals surface area contributed by atoms with Crippen LogP contribution in [0, 0.1) is 0 Å². The van der Waals surface area contributed by atoms with Crippen LogP contribution in [0.2, 0.25) is 0 Å². The number of carbonyl (C=O) groups is 1. The predicted octanol–water partition coefficient (Wildman–Crippen LogP) is 3.63. The maximum atomic E-state index is 12.8. The zero-order chi connectivity index (χ0) is 23.5. The Morgan fingerprint density at radius 3 is 2.59 bits per heavy atom. The number of nitrogens with one attached hydrogen (secondary N) is 1. The largest absolute Gasteiger partial charge is 0.494 e. The molecule has 0 saturated heterocycles. The van der Waals surface area contributed by atoms with E-state index in [0.717, 1.165) is 34.5 Å². The molecular formula is C25H24N6O3. The van der Waals surface area contributed by atoms with Crippen LogP contribution in [0.5, 0.6) is 5.75 Å². The lowest BCUT2D eigenvalue weighted by Crippen LogP contribution is -2.28. The first kappa shape index (κ1) is 21.4. The number of hydrogen-bond donors (Lipinski definition) is 1. The van der Waals surface area contributed by atoms with Crippen molar-refractivity contribution in [1.82, 2.24) is 23.8 Å². The molecule has 0 bridgehead atoms. The van der Waals surface area contributed by atoms with Crippen LogP contribution in [0.25, 0.3) is 22.4 Å². The monoisotopic (exact) mass is 456 g/mol. The Kier molecular flexibility index (Phi) is 5.82. The molecule has 0 spiro atoms. The lowest BCUT2D eigenvalue weighted by molar-refractivity contribution is -0.117. The smallest absolute Gasteiger partial charge is 0.350 e. The van der Waals surface area contributed by atoms with Crippen molar-refractivity contribution in [3.8, 4) is 17.0 Å². The van der Waals surface area contributed by atoms with Crippen molar-refractivity contribution in [2.75, 3.05) is 11.9 Å². The van der Waals surface area contributed by atoms with Crippen molar-refractivity contribution in [2.24, 2.45) is 0 Å². The molecule has 9 nitrogen and oxygen atoms in total. The number of benzene rings is 2. The SMILES string of the molecule is CCCCOc1ccc(-c2cc3c4nn(CC(=O)Nc5ccccc5)c(=O)n4ccn3n2)cc1. The van der Waals surface area contributed by atoms with Crippen molar-refractivity contribution in [3.05, 3.63) is 83.5 Å². The number of para-hydroxylation sites is 1. The van der Waals surface area contributed by atoms with Crippen LogP contribution in [-0.4, -0.2) is 36.3 Å². The number of amides is 1. The van der Waals surface area contributed by atoms with E-state index in [1.165, 1.54) is 4.40 Å². The van der Waals surface area contributed by atoms with E-state index >= 15 is 0 Å². The number of ether oxygens (including phenoxy) is 1. The summed E-state index contributed by atoms with van der Waals surface area (Å²) >= 11 is 0. The lowest BCUT2D eigenvalue weighted by atomic mass is 10.1. The molecule has 0 radical (unpaired) electrons. The van der Waals surface area contributed by atoms with E-state index in [2.05, 4.69) is 22.4 Å². The molecule has 0 atom stereocenters. The molecule has 0 saturated carbocycles. The molecule has 0 aliphatic rings. The molecule has 1 N–H and O–H groups in total. The number of hydrogen-bond acceptors (Lipinski definition) is 5. The van der Waals surface area contributed by atoms with Gasteiger partial charge in [0.25, 0.3) is 0 Å². The highest BCUT2D eigenvalue weighted by atomic mass is 16.5. The van der Waals surface area contributed by atoms with Crippen LogP contribution in [0.1, 0.15) is 19.8 Å².